The molecule has 1 saturated heterocycles. The van der Waals surface area contributed by atoms with Crippen molar-refractivity contribution in [3.05, 3.63) is 119 Å². The first kappa shape index (κ1) is 29.2. The standard InChI is InChI=1S/C35H38FN7O/c1-2-39-33(25-7-4-3-5-8-25)35(44)43-18-6-9-32(43)34-40-30-17-11-24(20-31(30)41-34)22-42(27-14-12-26(36)13-15-27)21-23-10-16-28(37)29(38)19-23/h3-5,7-8,10-17,19-20,32-33,39H,2,6,9,18,21-22,37-38H2,1H3,(H,40,41)/t32-,33+/m0/s1. The average Bonchev–Trinajstić information content (AvgIpc) is 3.69. The lowest BCUT2D eigenvalue weighted by Crippen LogP contribution is -2.40. The van der Waals surface area contributed by atoms with Gasteiger partial charge in [0.05, 0.1) is 28.5 Å². The maximum atomic E-state index is 13.8. The SMILES string of the molecule is CCN[C@@H](C(=O)N1CCC[C@H]1c1nc2cc(CN(Cc3ccc(N)c(N)c3)c3ccc(F)cc3)ccc2[nH]1)c1ccccc1. The van der Waals surface area contributed by atoms with Crippen LogP contribution in [0, 0.1) is 5.82 Å². The van der Waals surface area contributed by atoms with Crippen molar-refractivity contribution in [3.8, 4) is 0 Å². The third kappa shape index (κ3) is 6.23. The number of hydrogen-bond acceptors (Lipinski definition) is 6. The predicted molar refractivity (Wildman–Crippen MR) is 174 cm³/mol. The Morgan fingerprint density at radius 2 is 1.73 bits per heavy atom. The number of likely N-dealkylation sites (N-methyl/N-ethyl adjacent to an activating group) is 1. The van der Waals surface area contributed by atoms with Gasteiger partial charge in [0.25, 0.3) is 0 Å². The summed E-state index contributed by atoms with van der Waals surface area (Å²) in [7, 11) is 0. The van der Waals surface area contributed by atoms with E-state index in [0.29, 0.717) is 37.6 Å². The number of hydrogen-bond donors (Lipinski definition) is 4. The molecule has 6 rings (SSSR count). The molecule has 44 heavy (non-hydrogen) atoms. The molecule has 2 heterocycles. The molecule has 9 heteroatoms. The van der Waals surface area contributed by atoms with E-state index in [1.165, 1.54) is 12.1 Å². The Morgan fingerprint density at radius 3 is 2.45 bits per heavy atom. The minimum atomic E-state index is -0.397. The topological polar surface area (TPSA) is 116 Å². The zero-order chi connectivity index (χ0) is 30.6. The molecule has 0 saturated carbocycles. The number of nitrogens with two attached hydrogens (primary N) is 2. The zero-order valence-corrected chi connectivity index (χ0v) is 24.8. The van der Waals surface area contributed by atoms with Crippen molar-refractivity contribution in [1.82, 2.24) is 20.2 Å². The number of likely N-dealkylation sites (tertiary alicyclic amines) is 1. The van der Waals surface area contributed by atoms with Crippen molar-refractivity contribution < 1.29 is 9.18 Å². The van der Waals surface area contributed by atoms with Gasteiger partial charge in [0.1, 0.15) is 17.7 Å². The van der Waals surface area contributed by atoms with Crippen LogP contribution in [0.1, 0.15) is 54.4 Å². The summed E-state index contributed by atoms with van der Waals surface area (Å²) in [6.45, 7) is 4.54. The van der Waals surface area contributed by atoms with E-state index in [1.807, 2.05) is 66.4 Å². The van der Waals surface area contributed by atoms with Crippen LogP contribution >= 0.6 is 0 Å². The summed E-state index contributed by atoms with van der Waals surface area (Å²) >= 11 is 0. The molecule has 1 amide bonds. The maximum absolute atomic E-state index is 13.8. The van der Waals surface area contributed by atoms with Crippen LogP contribution in [0.2, 0.25) is 0 Å². The van der Waals surface area contributed by atoms with Crippen LogP contribution in [0.25, 0.3) is 11.0 Å². The molecule has 4 aromatic carbocycles. The molecule has 0 unspecified atom stereocenters. The Labute approximate surface area is 256 Å². The minimum absolute atomic E-state index is 0.0694. The smallest absolute Gasteiger partial charge is 0.244 e. The van der Waals surface area contributed by atoms with E-state index in [-0.39, 0.29) is 17.8 Å². The van der Waals surface area contributed by atoms with Crippen molar-refractivity contribution in [2.24, 2.45) is 0 Å². The van der Waals surface area contributed by atoms with Crippen LogP contribution in [0.3, 0.4) is 0 Å². The lowest BCUT2D eigenvalue weighted by Gasteiger charge is -2.28. The van der Waals surface area contributed by atoms with Crippen molar-refractivity contribution in [2.75, 3.05) is 29.5 Å². The van der Waals surface area contributed by atoms with Crippen LogP contribution < -0.4 is 21.7 Å². The second-order valence-electron chi connectivity index (χ2n) is 11.4. The molecule has 0 radical (unpaired) electrons. The van der Waals surface area contributed by atoms with Gasteiger partial charge in [0.15, 0.2) is 0 Å². The van der Waals surface area contributed by atoms with E-state index in [2.05, 4.69) is 27.3 Å². The van der Waals surface area contributed by atoms with Crippen molar-refractivity contribution in [1.29, 1.82) is 0 Å². The van der Waals surface area contributed by atoms with Crippen molar-refractivity contribution >= 4 is 34.0 Å². The second kappa shape index (κ2) is 12.8. The minimum Gasteiger partial charge on any atom is -0.397 e. The number of nitrogens with zero attached hydrogens (tertiary/aromatic N) is 3. The van der Waals surface area contributed by atoms with Gasteiger partial charge in [-0.05, 0) is 84.6 Å². The Balaban J connectivity index is 1.25. The van der Waals surface area contributed by atoms with Gasteiger partial charge in [-0.15, -0.1) is 0 Å². The number of anilines is 3. The van der Waals surface area contributed by atoms with Crippen LogP contribution in [0.5, 0.6) is 0 Å². The summed E-state index contributed by atoms with van der Waals surface area (Å²) < 4.78 is 13.8. The lowest BCUT2D eigenvalue weighted by molar-refractivity contribution is -0.134. The fourth-order valence-corrected chi connectivity index (χ4v) is 6.06. The van der Waals surface area contributed by atoms with Crippen LogP contribution in [0.4, 0.5) is 21.5 Å². The van der Waals surface area contributed by atoms with E-state index >= 15 is 0 Å². The molecule has 0 spiro atoms. The highest BCUT2D eigenvalue weighted by molar-refractivity contribution is 5.84. The lowest BCUT2D eigenvalue weighted by atomic mass is 10.0. The summed E-state index contributed by atoms with van der Waals surface area (Å²) in [6.07, 6.45) is 1.78. The molecule has 1 aromatic heterocycles. The van der Waals surface area contributed by atoms with E-state index in [1.54, 1.807) is 12.1 Å². The summed E-state index contributed by atoms with van der Waals surface area (Å²) in [5, 5.41) is 3.38. The molecule has 226 valence electrons. The maximum Gasteiger partial charge on any atom is 0.244 e. The highest BCUT2D eigenvalue weighted by atomic mass is 19.1. The fraction of sp³-hybridized carbons (Fsp3) is 0.257. The molecular weight excluding hydrogens is 553 g/mol. The van der Waals surface area contributed by atoms with Crippen LogP contribution in [-0.2, 0) is 17.9 Å². The van der Waals surface area contributed by atoms with Crippen LogP contribution in [-0.4, -0.2) is 33.9 Å². The molecule has 1 fully saturated rings. The second-order valence-corrected chi connectivity index (χ2v) is 11.4. The van der Waals surface area contributed by atoms with Gasteiger partial charge in [0.2, 0.25) is 5.91 Å². The molecule has 1 aliphatic rings. The van der Waals surface area contributed by atoms with Gasteiger partial charge in [-0.25, -0.2) is 9.37 Å². The Hall–Kier alpha value is -4.89. The number of nitrogens with one attached hydrogen (secondary N) is 2. The number of carbonyl (C=O) groups is 1. The van der Waals surface area contributed by atoms with E-state index < -0.39 is 6.04 Å². The zero-order valence-electron chi connectivity index (χ0n) is 24.8. The molecule has 0 aliphatic carbocycles. The first-order valence-corrected chi connectivity index (χ1v) is 15.1. The number of imidazole rings is 1. The van der Waals surface area contributed by atoms with Gasteiger partial charge in [-0.3, -0.25) is 4.79 Å². The van der Waals surface area contributed by atoms with Crippen LogP contribution in [0.15, 0.2) is 91.0 Å². The number of benzene rings is 4. The first-order valence-electron chi connectivity index (χ1n) is 15.1. The number of halogens is 1. The average molecular weight is 592 g/mol. The Morgan fingerprint density at radius 1 is 1.00 bits per heavy atom. The summed E-state index contributed by atoms with van der Waals surface area (Å²) in [4.78, 5) is 26.5. The number of rotatable bonds is 10. The Kier molecular flexibility index (Phi) is 8.47. The normalized spacial score (nSPS) is 15.5. The number of aromatic amines is 1. The molecule has 8 nitrogen and oxygen atoms in total. The number of aromatic nitrogens is 2. The number of carbonyl (C=O) groups excluding carboxylic acids is 1. The van der Waals surface area contributed by atoms with Gasteiger partial charge in [0, 0.05) is 25.3 Å². The number of H-pyrrole nitrogens is 1. The van der Waals surface area contributed by atoms with E-state index in [9.17, 15) is 9.18 Å². The number of nitrogen functional groups attached to an aromatic ring is 2. The van der Waals surface area contributed by atoms with Crippen molar-refractivity contribution in [3.63, 3.8) is 0 Å². The molecular formula is C35H38FN7O. The number of amides is 1. The van der Waals surface area contributed by atoms with E-state index in [0.717, 1.165) is 52.1 Å². The summed E-state index contributed by atoms with van der Waals surface area (Å²) in [6, 6.07) is 27.7. The first-order chi connectivity index (χ1) is 21.4. The molecule has 2 atom stereocenters. The summed E-state index contributed by atoms with van der Waals surface area (Å²) in [5.74, 6) is 0.592. The van der Waals surface area contributed by atoms with Gasteiger partial charge >= 0.3 is 0 Å². The van der Waals surface area contributed by atoms with Gasteiger partial charge < -0.3 is 31.6 Å². The summed E-state index contributed by atoms with van der Waals surface area (Å²) in [5.41, 5.74) is 18.8. The monoisotopic (exact) mass is 591 g/mol. The van der Waals surface area contributed by atoms with E-state index in [4.69, 9.17) is 16.5 Å². The van der Waals surface area contributed by atoms with Crippen molar-refractivity contribution in [2.45, 2.75) is 44.9 Å². The fourth-order valence-electron chi connectivity index (χ4n) is 6.06. The Bertz CT molecular complexity index is 1740. The highest BCUT2D eigenvalue weighted by Crippen LogP contribution is 2.34. The number of fused-ring (bicyclic) bond motifs is 1. The highest BCUT2D eigenvalue weighted by Gasteiger charge is 2.36. The predicted octanol–water partition coefficient (Wildman–Crippen LogP) is 6.09. The van der Waals surface area contributed by atoms with Gasteiger partial charge in [-0.1, -0.05) is 49.4 Å². The largest absolute Gasteiger partial charge is 0.397 e. The molecule has 0 bridgehead atoms. The quantitative estimate of drug-likeness (QED) is 0.146. The molecule has 6 N–H and O–H groups in total. The molecule has 1 aliphatic heterocycles. The molecule has 5 aromatic rings. The third-order valence-corrected chi connectivity index (χ3v) is 8.30. The van der Waals surface area contributed by atoms with Gasteiger partial charge in [-0.2, -0.15) is 0 Å². The third-order valence-electron chi connectivity index (χ3n) is 8.30.